The predicted molar refractivity (Wildman–Crippen MR) is 76.8 cm³/mol. The van der Waals surface area contributed by atoms with E-state index in [9.17, 15) is 4.79 Å². The van der Waals surface area contributed by atoms with E-state index in [-0.39, 0.29) is 5.69 Å². The molecule has 1 atom stereocenters. The summed E-state index contributed by atoms with van der Waals surface area (Å²) in [6, 6.07) is 3.52. The zero-order valence-electron chi connectivity index (χ0n) is 11.4. The van der Waals surface area contributed by atoms with Crippen LogP contribution in [0.25, 0.3) is 0 Å². The van der Waals surface area contributed by atoms with Gasteiger partial charge in [-0.2, -0.15) is 0 Å². The molecule has 2 rings (SSSR count). The van der Waals surface area contributed by atoms with Crippen molar-refractivity contribution in [2.75, 3.05) is 11.1 Å². The third-order valence-corrected chi connectivity index (χ3v) is 3.90. The van der Waals surface area contributed by atoms with E-state index in [4.69, 9.17) is 11.5 Å². The summed E-state index contributed by atoms with van der Waals surface area (Å²) in [6.07, 6.45) is 6.40. The molecule has 1 aromatic rings. The number of carbonyl (C=O) groups excluding carboxylic acids is 1. The van der Waals surface area contributed by atoms with Gasteiger partial charge in [-0.1, -0.05) is 19.3 Å². The SMILES string of the molecule is CC(Nc1nc(C(N)=O)ccc1N)C1CCCCC1. The van der Waals surface area contributed by atoms with Gasteiger partial charge in [-0.25, -0.2) is 4.98 Å². The van der Waals surface area contributed by atoms with Gasteiger partial charge in [-0.3, -0.25) is 4.79 Å². The number of aromatic nitrogens is 1. The van der Waals surface area contributed by atoms with E-state index in [1.807, 2.05) is 0 Å². The van der Waals surface area contributed by atoms with Crippen LogP contribution >= 0.6 is 0 Å². The predicted octanol–water partition coefficient (Wildman–Crippen LogP) is 2.14. The third-order valence-electron chi connectivity index (χ3n) is 3.90. The fourth-order valence-corrected chi connectivity index (χ4v) is 2.69. The molecule has 1 saturated carbocycles. The molecule has 1 heterocycles. The van der Waals surface area contributed by atoms with E-state index in [0.29, 0.717) is 23.5 Å². The highest BCUT2D eigenvalue weighted by Gasteiger charge is 2.21. The topological polar surface area (TPSA) is 94.0 Å². The van der Waals surface area contributed by atoms with Crippen LogP contribution in [0.5, 0.6) is 0 Å². The first-order valence-corrected chi connectivity index (χ1v) is 6.91. The molecule has 0 aliphatic heterocycles. The lowest BCUT2D eigenvalue weighted by Gasteiger charge is -2.29. The lowest BCUT2D eigenvalue weighted by molar-refractivity contribution is 0.0995. The van der Waals surface area contributed by atoms with E-state index in [2.05, 4.69) is 17.2 Å². The first-order chi connectivity index (χ1) is 9.08. The quantitative estimate of drug-likeness (QED) is 0.775. The van der Waals surface area contributed by atoms with Gasteiger partial charge in [0.1, 0.15) is 11.5 Å². The van der Waals surface area contributed by atoms with Crippen molar-refractivity contribution < 1.29 is 4.79 Å². The first-order valence-electron chi connectivity index (χ1n) is 6.91. The molecule has 1 aromatic heterocycles. The van der Waals surface area contributed by atoms with Crippen LogP contribution in [0.1, 0.15) is 49.5 Å². The molecule has 0 radical (unpaired) electrons. The molecule has 104 valence electrons. The van der Waals surface area contributed by atoms with Gasteiger partial charge in [-0.05, 0) is 37.8 Å². The van der Waals surface area contributed by atoms with Crippen LogP contribution in [-0.4, -0.2) is 16.9 Å². The van der Waals surface area contributed by atoms with E-state index in [0.717, 1.165) is 0 Å². The molecule has 19 heavy (non-hydrogen) atoms. The number of hydrogen-bond acceptors (Lipinski definition) is 4. The molecule has 0 spiro atoms. The molecule has 0 saturated heterocycles. The standard InChI is InChI=1S/C14H22N4O/c1-9(10-5-3-2-4-6-10)17-14-11(15)7-8-12(18-14)13(16)19/h7-10H,2-6,15H2,1H3,(H2,16,19)(H,17,18). The highest BCUT2D eigenvalue weighted by atomic mass is 16.1. The number of anilines is 2. The Morgan fingerprint density at radius 2 is 2.05 bits per heavy atom. The highest BCUT2D eigenvalue weighted by Crippen LogP contribution is 2.28. The zero-order valence-corrected chi connectivity index (χ0v) is 11.4. The molecule has 0 aromatic carbocycles. The second-order valence-electron chi connectivity index (χ2n) is 5.33. The second kappa shape index (κ2) is 5.91. The Morgan fingerprint density at radius 3 is 2.68 bits per heavy atom. The fraction of sp³-hybridized carbons (Fsp3) is 0.571. The number of nitrogen functional groups attached to an aromatic ring is 1. The van der Waals surface area contributed by atoms with Gasteiger partial charge < -0.3 is 16.8 Å². The Kier molecular flexibility index (Phi) is 4.24. The molecular formula is C14H22N4O. The summed E-state index contributed by atoms with van der Waals surface area (Å²) in [5.41, 5.74) is 11.9. The van der Waals surface area contributed by atoms with Crippen molar-refractivity contribution in [1.29, 1.82) is 0 Å². The largest absolute Gasteiger partial charge is 0.396 e. The molecule has 5 N–H and O–H groups in total. The third kappa shape index (κ3) is 3.36. The molecule has 0 bridgehead atoms. The first kappa shape index (κ1) is 13.6. The number of primary amides is 1. The van der Waals surface area contributed by atoms with Gasteiger partial charge in [-0.15, -0.1) is 0 Å². The Hall–Kier alpha value is -1.78. The van der Waals surface area contributed by atoms with Gasteiger partial charge in [0, 0.05) is 6.04 Å². The highest BCUT2D eigenvalue weighted by molar-refractivity contribution is 5.91. The van der Waals surface area contributed by atoms with Gasteiger partial charge in [0.25, 0.3) is 5.91 Å². The number of carbonyl (C=O) groups is 1. The average molecular weight is 262 g/mol. The summed E-state index contributed by atoms with van der Waals surface area (Å²) in [5.74, 6) is 0.676. The second-order valence-corrected chi connectivity index (χ2v) is 5.33. The van der Waals surface area contributed by atoms with Crippen molar-refractivity contribution in [2.24, 2.45) is 11.7 Å². The molecule has 1 fully saturated rings. The minimum atomic E-state index is -0.534. The Morgan fingerprint density at radius 1 is 1.37 bits per heavy atom. The van der Waals surface area contributed by atoms with Crippen LogP contribution in [0, 0.1) is 5.92 Å². The maximum absolute atomic E-state index is 11.1. The van der Waals surface area contributed by atoms with Gasteiger partial charge in [0.15, 0.2) is 0 Å². The molecule has 1 unspecified atom stereocenters. The minimum Gasteiger partial charge on any atom is -0.396 e. The van der Waals surface area contributed by atoms with E-state index in [1.54, 1.807) is 12.1 Å². The average Bonchev–Trinajstić information content (AvgIpc) is 2.42. The summed E-state index contributed by atoms with van der Waals surface area (Å²) >= 11 is 0. The summed E-state index contributed by atoms with van der Waals surface area (Å²) in [5, 5.41) is 3.33. The van der Waals surface area contributed by atoms with Crippen molar-refractivity contribution in [3.05, 3.63) is 17.8 Å². The maximum atomic E-state index is 11.1. The number of amides is 1. The van der Waals surface area contributed by atoms with E-state index < -0.39 is 5.91 Å². The molecule has 5 nitrogen and oxygen atoms in total. The molecule has 5 heteroatoms. The minimum absolute atomic E-state index is 0.243. The Bertz CT molecular complexity index is 455. The maximum Gasteiger partial charge on any atom is 0.267 e. The van der Waals surface area contributed by atoms with Crippen molar-refractivity contribution >= 4 is 17.4 Å². The number of pyridine rings is 1. The summed E-state index contributed by atoms with van der Waals surface area (Å²) in [7, 11) is 0. The molecular weight excluding hydrogens is 240 g/mol. The van der Waals surface area contributed by atoms with Crippen LogP contribution in [-0.2, 0) is 0 Å². The Labute approximate surface area is 113 Å². The number of rotatable bonds is 4. The lowest BCUT2D eigenvalue weighted by Crippen LogP contribution is -2.29. The van der Waals surface area contributed by atoms with Crippen LogP contribution < -0.4 is 16.8 Å². The molecule has 1 aliphatic carbocycles. The summed E-state index contributed by atoms with van der Waals surface area (Å²) in [4.78, 5) is 15.3. The summed E-state index contributed by atoms with van der Waals surface area (Å²) < 4.78 is 0. The monoisotopic (exact) mass is 262 g/mol. The number of hydrogen-bond donors (Lipinski definition) is 3. The van der Waals surface area contributed by atoms with Crippen LogP contribution in [0.15, 0.2) is 12.1 Å². The molecule has 1 amide bonds. The number of nitrogens with zero attached hydrogens (tertiary/aromatic N) is 1. The van der Waals surface area contributed by atoms with E-state index in [1.165, 1.54) is 32.1 Å². The summed E-state index contributed by atoms with van der Waals surface area (Å²) in [6.45, 7) is 2.15. The van der Waals surface area contributed by atoms with Gasteiger partial charge in [0.2, 0.25) is 0 Å². The lowest BCUT2D eigenvalue weighted by atomic mass is 9.84. The van der Waals surface area contributed by atoms with E-state index >= 15 is 0 Å². The van der Waals surface area contributed by atoms with Crippen molar-refractivity contribution in [3.8, 4) is 0 Å². The normalized spacial score (nSPS) is 17.9. The van der Waals surface area contributed by atoms with Crippen LogP contribution in [0.4, 0.5) is 11.5 Å². The zero-order chi connectivity index (χ0) is 13.8. The smallest absolute Gasteiger partial charge is 0.267 e. The van der Waals surface area contributed by atoms with Gasteiger partial charge >= 0.3 is 0 Å². The Balaban J connectivity index is 2.08. The number of nitrogens with one attached hydrogen (secondary N) is 1. The van der Waals surface area contributed by atoms with Crippen LogP contribution in [0.3, 0.4) is 0 Å². The van der Waals surface area contributed by atoms with Gasteiger partial charge in [0.05, 0.1) is 5.69 Å². The fourth-order valence-electron chi connectivity index (χ4n) is 2.69. The van der Waals surface area contributed by atoms with Crippen molar-refractivity contribution in [2.45, 2.75) is 45.1 Å². The van der Waals surface area contributed by atoms with Crippen molar-refractivity contribution in [3.63, 3.8) is 0 Å². The van der Waals surface area contributed by atoms with Crippen molar-refractivity contribution in [1.82, 2.24) is 4.98 Å². The molecule has 1 aliphatic rings. The van der Waals surface area contributed by atoms with Crippen LogP contribution in [0.2, 0.25) is 0 Å². The number of nitrogens with two attached hydrogens (primary N) is 2.